The molecule has 0 atom stereocenters. The molecule has 110 valence electrons. The number of rotatable bonds is 5. The lowest BCUT2D eigenvalue weighted by atomic mass is 10.1. The highest BCUT2D eigenvalue weighted by Gasteiger charge is 2.22. The maximum absolute atomic E-state index is 13.2. The summed E-state index contributed by atoms with van der Waals surface area (Å²) in [7, 11) is 0. The topological polar surface area (TPSA) is 63.4 Å². The highest BCUT2D eigenvalue weighted by atomic mass is 79.9. The molecule has 0 unspecified atom stereocenters. The van der Waals surface area contributed by atoms with E-state index in [0.717, 1.165) is 12.1 Å². The zero-order valence-corrected chi connectivity index (χ0v) is 12.7. The van der Waals surface area contributed by atoms with E-state index in [4.69, 9.17) is 5.73 Å². The molecule has 2 amide bonds. The lowest BCUT2D eigenvalue weighted by Gasteiger charge is -2.23. The quantitative estimate of drug-likeness (QED) is 0.830. The van der Waals surface area contributed by atoms with Crippen molar-refractivity contribution in [3.8, 4) is 0 Å². The summed E-state index contributed by atoms with van der Waals surface area (Å²) in [6, 6.07) is 1.68. The Balaban J connectivity index is 3.11. The summed E-state index contributed by atoms with van der Waals surface area (Å²) in [6.07, 6.45) is 0. The molecule has 2 N–H and O–H groups in total. The van der Waals surface area contributed by atoms with E-state index in [1.165, 1.54) is 4.90 Å². The Morgan fingerprint density at radius 2 is 1.85 bits per heavy atom. The molecule has 0 bridgehead atoms. The van der Waals surface area contributed by atoms with Gasteiger partial charge in [-0.15, -0.1) is 0 Å². The fourth-order valence-corrected chi connectivity index (χ4v) is 2.19. The molecule has 0 radical (unpaired) electrons. The van der Waals surface area contributed by atoms with Gasteiger partial charge in [-0.05, 0) is 34.0 Å². The first-order valence-corrected chi connectivity index (χ1v) is 6.73. The van der Waals surface area contributed by atoms with Crippen LogP contribution in [0.5, 0.6) is 0 Å². The Hall–Kier alpha value is -1.50. The molecule has 0 fully saturated rings. The number of hydrogen-bond acceptors (Lipinski definition) is 2. The van der Waals surface area contributed by atoms with Crippen LogP contribution in [0.2, 0.25) is 0 Å². The molecule has 0 heterocycles. The molecule has 0 spiro atoms. The van der Waals surface area contributed by atoms with E-state index in [2.05, 4.69) is 15.9 Å². The predicted molar refractivity (Wildman–Crippen MR) is 74.0 cm³/mol. The van der Waals surface area contributed by atoms with Gasteiger partial charge in [-0.2, -0.15) is 0 Å². The minimum absolute atomic E-state index is 0.0502. The van der Waals surface area contributed by atoms with Crippen LogP contribution in [0.4, 0.5) is 8.78 Å². The Morgan fingerprint density at radius 1 is 1.30 bits per heavy atom. The number of nitrogens with zero attached hydrogens (tertiary/aromatic N) is 1. The van der Waals surface area contributed by atoms with Crippen LogP contribution in [0, 0.1) is 17.6 Å². The molecule has 0 aromatic heterocycles. The Labute approximate surface area is 124 Å². The van der Waals surface area contributed by atoms with Crippen LogP contribution in [0.3, 0.4) is 0 Å². The number of hydrogen-bond donors (Lipinski definition) is 1. The predicted octanol–water partition coefficient (Wildman–Crippen LogP) is 2.31. The van der Waals surface area contributed by atoms with E-state index in [9.17, 15) is 18.4 Å². The summed E-state index contributed by atoms with van der Waals surface area (Å²) in [5.74, 6) is -3.33. The van der Waals surface area contributed by atoms with Gasteiger partial charge in [0.2, 0.25) is 5.91 Å². The number of amides is 2. The Kier molecular flexibility index (Phi) is 5.62. The third-order valence-corrected chi connectivity index (χ3v) is 3.12. The summed E-state index contributed by atoms with van der Waals surface area (Å²) >= 11 is 3.01. The largest absolute Gasteiger partial charge is 0.368 e. The highest BCUT2D eigenvalue weighted by molar-refractivity contribution is 9.10. The van der Waals surface area contributed by atoms with Crippen LogP contribution in [-0.2, 0) is 4.79 Å². The van der Waals surface area contributed by atoms with Crippen LogP contribution in [-0.4, -0.2) is 29.8 Å². The van der Waals surface area contributed by atoms with Crippen molar-refractivity contribution in [3.63, 3.8) is 0 Å². The van der Waals surface area contributed by atoms with Crippen molar-refractivity contribution in [1.29, 1.82) is 0 Å². The molecule has 4 nitrogen and oxygen atoms in total. The molecule has 0 saturated heterocycles. The zero-order chi connectivity index (χ0) is 15.4. The number of nitrogens with two attached hydrogens (primary N) is 1. The summed E-state index contributed by atoms with van der Waals surface area (Å²) in [5, 5.41) is 0. The normalized spacial score (nSPS) is 10.7. The lowest BCUT2D eigenvalue weighted by Crippen LogP contribution is -2.40. The van der Waals surface area contributed by atoms with Crippen LogP contribution in [0.15, 0.2) is 16.6 Å². The van der Waals surface area contributed by atoms with E-state index in [-0.39, 0.29) is 29.0 Å². The second kappa shape index (κ2) is 6.78. The Bertz CT molecular complexity index is 535. The molecule has 0 aliphatic heterocycles. The summed E-state index contributed by atoms with van der Waals surface area (Å²) in [4.78, 5) is 24.5. The van der Waals surface area contributed by atoms with Gasteiger partial charge >= 0.3 is 0 Å². The van der Waals surface area contributed by atoms with Crippen molar-refractivity contribution >= 4 is 27.7 Å². The number of carbonyl (C=O) groups is 2. The molecule has 0 saturated carbocycles. The van der Waals surface area contributed by atoms with Crippen LogP contribution in [0.25, 0.3) is 0 Å². The van der Waals surface area contributed by atoms with Crippen molar-refractivity contribution in [2.45, 2.75) is 13.8 Å². The Morgan fingerprint density at radius 3 is 2.35 bits per heavy atom. The first-order chi connectivity index (χ1) is 9.22. The summed E-state index contributed by atoms with van der Waals surface area (Å²) < 4.78 is 26.4. The van der Waals surface area contributed by atoms with Gasteiger partial charge in [0.15, 0.2) is 11.6 Å². The van der Waals surface area contributed by atoms with Gasteiger partial charge in [-0.1, -0.05) is 13.8 Å². The van der Waals surface area contributed by atoms with Crippen molar-refractivity contribution in [3.05, 3.63) is 33.8 Å². The molecule has 1 aromatic carbocycles. The number of halogens is 3. The molecule has 1 aromatic rings. The van der Waals surface area contributed by atoms with Crippen LogP contribution in [0.1, 0.15) is 24.2 Å². The van der Waals surface area contributed by atoms with Gasteiger partial charge in [0.05, 0.1) is 12.1 Å². The number of benzene rings is 1. The van der Waals surface area contributed by atoms with Gasteiger partial charge < -0.3 is 10.6 Å². The standard InChI is InChI=1S/C13H15BrF2N2O2/c1-7(2)5-18(6-12(17)19)13(20)8-3-10(15)11(16)4-9(8)14/h3-4,7H,5-6H2,1-2H3,(H2,17,19). The van der Waals surface area contributed by atoms with Gasteiger partial charge in [0.25, 0.3) is 5.91 Å². The number of primary amides is 1. The van der Waals surface area contributed by atoms with Gasteiger partial charge in [-0.3, -0.25) is 9.59 Å². The van der Waals surface area contributed by atoms with Crippen molar-refractivity contribution < 1.29 is 18.4 Å². The highest BCUT2D eigenvalue weighted by Crippen LogP contribution is 2.22. The van der Waals surface area contributed by atoms with Gasteiger partial charge in [0, 0.05) is 11.0 Å². The second-order valence-electron chi connectivity index (χ2n) is 4.79. The molecule has 1 rings (SSSR count). The molecule has 0 aliphatic rings. The smallest absolute Gasteiger partial charge is 0.255 e. The fourth-order valence-electron chi connectivity index (χ4n) is 1.70. The van der Waals surface area contributed by atoms with E-state index in [0.29, 0.717) is 0 Å². The van der Waals surface area contributed by atoms with E-state index in [1.807, 2.05) is 13.8 Å². The van der Waals surface area contributed by atoms with Crippen LogP contribution < -0.4 is 5.73 Å². The van der Waals surface area contributed by atoms with E-state index in [1.54, 1.807) is 0 Å². The maximum atomic E-state index is 13.2. The second-order valence-corrected chi connectivity index (χ2v) is 5.65. The average molecular weight is 349 g/mol. The molecular formula is C13H15BrF2N2O2. The van der Waals surface area contributed by atoms with Crippen molar-refractivity contribution in [1.82, 2.24) is 4.90 Å². The zero-order valence-electron chi connectivity index (χ0n) is 11.1. The molecule has 0 aliphatic carbocycles. The monoisotopic (exact) mass is 348 g/mol. The SMILES string of the molecule is CC(C)CN(CC(N)=O)C(=O)c1cc(F)c(F)cc1Br. The van der Waals surface area contributed by atoms with Gasteiger partial charge in [-0.25, -0.2) is 8.78 Å². The minimum atomic E-state index is -1.12. The molecular weight excluding hydrogens is 334 g/mol. The molecule has 7 heteroatoms. The van der Waals surface area contributed by atoms with Gasteiger partial charge in [0.1, 0.15) is 0 Å². The fraction of sp³-hybridized carbons (Fsp3) is 0.385. The van der Waals surface area contributed by atoms with Crippen LogP contribution >= 0.6 is 15.9 Å². The maximum Gasteiger partial charge on any atom is 0.255 e. The first-order valence-electron chi connectivity index (χ1n) is 5.94. The van der Waals surface area contributed by atoms with Crippen molar-refractivity contribution in [2.24, 2.45) is 11.7 Å². The summed E-state index contributed by atoms with van der Waals surface area (Å²) in [6.45, 7) is 3.73. The van der Waals surface area contributed by atoms with E-state index < -0.39 is 23.4 Å². The average Bonchev–Trinajstić information content (AvgIpc) is 2.31. The minimum Gasteiger partial charge on any atom is -0.368 e. The third-order valence-electron chi connectivity index (χ3n) is 2.46. The first kappa shape index (κ1) is 16.6. The summed E-state index contributed by atoms with van der Waals surface area (Å²) in [5.41, 5.74) is 5.05. The lowest BCUT2D eigenvalue weighted by molar-refractivity contribution is -0.118. The number of carbonyl (C=O) groups excluding carboxylic acids is 2. The van der Waals surface area contributed by atoms with E-state index >= 15 is 0 Å². The van der Waals surface area contributed by atoms with Crippen molar-refractivity contribution in [2.75, 3.05) is 13.1 Å². The molecule has 20 heavy (non-hydrogen) atoms. The third kappa shape index (κ3) is 4.26.